The Morgan fingerprint density at radius 2 is 2.30 bits per heavy atom. The molecule has 1 saturated heterocycles. The van der Waals surface area contributed by atoms with Crippen molar-refractivity contribution in [1.82, 2.24) is 4.90 Å². The Balaban J connectivity index is 2.49. The average Bonchev–Trinajstić information content (AvgIpc) is 2.13. The smallest absolute Gasteiger partial charge is 0.407 e. The molecule has 1 heterocycles. The van der Waals surface area contributed by atoms with E-state index in [9.17, 15) is 9.18 Å². The second kappa shape index (κ2) is 2.42. The molecule has 0 unspecified atom stereocenters. The van der Waals surface area contributed by atoms with Crippen LogP contribution in [-0.2, 0) is 0 Å². The van der Waals surface area contributed by atoms with Crippen molar-refractivity contribution in [3.8, 4) is 0 Å². The van der Waals surface area contributed by atoms with Gasteiger partial charge in [-0.2, -0.15) is 0 Å². The number of rotatable bonds is 0. The topological polar surface area (TPSA) is 66.6 Å². The molecule has 0 aromatic rings. The van der Waals surface area contributed by atoms with Crippen LogP contribution < -0.4 is 5.73 Å². The first-order valence-corrected chi connectivity index (χ1v) is 2.99. The summed E-state index contributed by atoms with van der Waals surface area (Å²) in [4.78, 5) is 11.2. The lowest BCUT2D eigenvalue weighted by molar-refractivity contribution is 0.152. The van der Waals surface area contributed by atoms with Crippen molar-refractivity contribution in [3.05, 3.63) is 0 Å². The monoisotopic (exact) mass is 148 g/mol. The Labute approximate surface area is 57.4 Å². The Kier molecular flexibility index (Phi) is 1.76. The van der Waals surface area contributed by atoms with Gasteiger partial charge in [0.1, 0.15) is 6.17 Å². The molecule has 0 radical (unpaired) electrons. The Morgan fingerprint density at radius 3 is 2.50 bits per heavy atom. The number of nitrogens with zero attached hydrogens (tertiary/aromatic N) is 1. The second-order valence-electron chi connectivity index (χ2n) is 2.37. The largest absolute Gasteiger partial charge is 0.465 e. The zero-order valence-corrected chi connectivity index (χ0v) is 5.33. The molecule has 1 aliphatic rings. The summed E-state index contributed by atoms with van der Waals surface area (Å²) in [6.07, 6.45) is -2.30. The highest BCUT2D eigenvalue weighted by atomic mass is 19.1. The van der Waals surface area contributed by atoms with E-state index in [-0.39, 0.29) is 13.1 Å². The summed E-state index contributed by atoms with van der Waals surface area (Å²) in [5.74, 6) is 0. The normalized spacial score (nSPS) is 32.8. The van der Waals surface area contributed by atoms with Gasteiger partial charge in [-0.15, -0.1) is 0 Å². The molecule has 2 atom stereocenters. The van der Waals surface area contributed by atoms with Gasteiger partial charge < -0.3 is 15.7 Å². The average molecular weight is 148 g/mol. The molecule has 58 valence electrons. The molecule has 1 amide bonds. The first-order chi connectivity index (χ1) is 4.61. The van der Waals surface area contributed by atoms with Crippen molar-refractivity contribution in [2.75, 3.05) is 13.1 Å². The maximum atomic E-state index is 12.5. The van der Waals surface area contributed by atoms with Gasteiger partial charge in [-0.05, 0) is 0 Å². The molecule has 10 heavy (non-hydrogen) atoms. The number of alkyl halides is 1. The van der Waals surface area contributed by atoms with E-state index < -0.39 is 18.3 Å². The number of halogens is 1. The van der Waals surface area contributed by atoms with Gasteiger partial charge in [-0.25, -0.2) is 9.18 Å². The fourth-order valence-electron chi connectivity index (χ4n) is 0.946. The third-order valence-electron chi connectivity index (χ3n) is 1.56. The summed E-state index contributed by atoms with van der Waals surface area (Å²) in [5, 5.41) is 8.35. The lowest BCUT2D eigenvalue weighted by atomic mass is 10.3. The van der Waals surface area contributed by atoms with Gasteiger partial charge in [0.05, 0.1) is 12.6 Å². The number of likely N-dealkylation sites (tertiary alicyclic amines) is 1. The third kappa shape index (κ3) is 1.18. The second-order valence-corrected chi connectivity index (χ2v) is 2.37. The highest BCUT2D eigenvalue weighted by Crippen LogP contribution is 2.10. The molecule has 1 aliphatic heterocycles. The van der Waals surface area contributed by atoms with Crippen molar-refractivity contribution in [2.24, 2.45) is 5.73 Å². The molecule has 0 aliphatic carbocycles. The minimum Gasteiger partial charge on any atom is -0.465 e. The summed E-state index contributed by atoms with van der Waals surface area (Å²) in [6, 6.07) is -0.643. The molecule has 0 spiro atoms. The van der Waals surface area contributed by atoms with E-state index in [1.54, 1.807) is 0 Å². The van der Waals surface area contributed by atoms with Crippen molar-refractivity contribution < 1.29 is 14.3 Å². The highest BCUT2D eigenvalue weighted by molar-refractivity contribution is 5.65. The predicted molar refractivity (Wildman–Crippen MR) is 32.5 cm³/mol. The van der Waals surface area contributed by atoms with E-state index in [0.29, 0.717) is 0 Å². The zero-order valence-electron chi connectivity index (χ0n) is 5.33. The predicted octanol–water partition coefficient (Wildman–Crippen LogP) is -0.355. The number of hydrogen-bond donors (Lipinski definition) is 2. The van der Waals surface area contributed by atoms with Crippen molar-refractivity contribution in [3.63, 3.8) is 0 Å². The maximum Gasteiger partial charge on any atom is 0.407 e. The van der Waals surface area contributed by atoms with Gasteiger partial charge in [0.2, 0.25) is 0 Å². The molecular formula is C5H9FN2O2. The number of amides is 1. The number of nitrogens with two attached hydrogens (primary N) is 1. The van der Waals surface area contributed by atoms with Crippen molar-refractivity contribution >= 4 is 6.09 Å². The van der Waals surface area contributed by atoms with Crippen LogP contribution >= 0.6 is 0 Å². The van der Waals surface area contributed by atoms with Gasteiger partial charge >= 0.3 is 6.09 Å². The summed E-state index contributed by atoms with van der Waals surface area (Å²) >= 11 is 0. The van der Waals surface area contributed by atoms with Crippen LogP contribution in [0.25, 0.3) is 0 Å². The van der Waals surface area contributed by atoms with E-state index in [1.165, 1.54) is 0 Å². The molecule has 0 saturated carbocycles. The van der Waals surface area contributed by atoms with Crippen LogP contribution in [0, 0.1) is 0 Å². The van der Waals surface area contributed by atoms with E-state index in [2.05, 4.69) is 0 Å². The lowest BCUT2D eigenvalue weighted by Crippen LogP contribution is -2.31. The number of carboxylic acid groups (broad SMARTS) is 1. The van der Waals surface area contributed by atoms with E-state index in [1.807, 2.05) is 0 Å². The van der Waals surface area contributed by atoms with Crippen LogP contribution in [0.15, 0.2) is 0 Å². The molecule has 1 rings (SSSR count). The molecule has 1 fully saturated rings. The Bertz CT molecular complexity index is 143. The minimum atomic E-state index is -1.20. The summed E-state index contributed by atoms with van der Waals surface area (Å²) in [5.41, 5.74) is 5.23. The Morgan fingerprint density at radius 1 is 1.70 bits per heavy atom. The van der Waals surface area contributed by atoms with Gasteiger partial charge in [0, 0.05) is 6.54 Å². The molecule has 0 aromatic carbocycles. The number of hydrogen-bond acceptors (Lipinski definition) is 2. The molecular weight excluding hydrogens is 139 g/mol. The Hall–Kier alpha value is -0.840. The van der Waals surface area contributed by atoms with Gasteiger partial charge in [0.25, 0.3) is 0 Å². The summed E-state index contributed by atoms with van der Waals surface area (Å²) < 4.78 is 12.5. The maximum absolute atomic E-state index is 12.5. The van der Waals surface area contributed by atoms with Crippen LogP contribution in [0.3, 0.4) is 0 Å². The first-order valence-electron chi connectivity index (χ1n) is 2.99. The fraction of sp³-hybridized carbons (Fsp3) is 0.800. The SMILES string of the molecule is N[C@@H]1CN(C(=O)O)C[C@H]1F. The van der Waals surface area contributed by atoms with Crippen LogP contribution in [0.4, 0.5) is 9.18 Å². The highest BCUT2D eigenvalue weighted by Gasteiger charge is 2.32. The van der Waals surface area contributed by atoms with Crippen LogP contribution in [0.2, 0.25) is 0 Å². The van der Waals surface area contributed by atoms with Crippen LogP contribution in [-0.4, -0.2) is 41.4 Å². The molecule has 5 heteroatoms. The standard InChI is InChI=1S/C5H9FN2O2/c6-3-1-8(5(9)10)2-4(3)7/h3-4H,1-2,7H2,(H,9,10)/t3-,4-/m1/s1. The molecule has 3 N–H and O–H groups in total. The van der Waals surface area contributed by atoms with Gasteiger partial charge in [-0.1, -0.05) is 0 Å². The van der Waals surface area contributed by atoms with Crippen LogP contribution in [0.1, 0.15) is 0 Å². The minimum absolute atomic E-state index is 0.0868. The van der Waals surface area contributed by atoms with E-state index >= 15 is 0 Å². The zero-order chi connectivity index (χ0) is 7.72. The van der Waals surface area contributed by atoms with E-state index in [0.717, 1.165) is 4.90 Å². The first kappa shape index (κ1) is 7.27. The molecule has 0 bridgehead atoms. The third-order valence-corrected chi connectivity index (χ3v) is 1.56. The summed E-state index contributed by atoms with van der Waals surface area (Å²) in [6.45, 7) is 0.0208. The van der Waals surface area contributed by atoms with Gasteiger partial charge in [0.15, 0.2) is 0 Å². The fourth-order valence-corrected chi connectivity index (χ4v) is 0.946. The van der Waals surface area contributed by atoms with Gasteiger partial charge in [-0.3, -0.25) is 0 Å². The molecule has 4 nitrogen and oxygen atoms in total. The lowest BCUT2D eigenvalue weighted by Gasteiger charge is -2.08. The molecule has 0 aromatic heterocycles. The quantitative estimate of drug-likeness (QED) is 0.493. The van der Waals surface area contributed by atoms with Crippen LogP contribution in [0.5, 0.6) is 0 Å². The summed E-state index contributed by atoms with van der Waals surface area (Å²) in [7, 11) is 0. The number of carbonyl (C=O) groups is 1. The van der Waals surface area contributed by atoms with E-state index in [4.69, 9.17) is 10.8 Å². The van der Waals surface area contributed by atoms with Crippen molar-refractivity contribution in [2.45, 2.75) is 12.2 Å². The van der Waals surface area contributed by atoms with Crippen molar-refractivity contribution in [1.29, 1.82) is 0 Å².